The molecule has 41 heavy (non-hydrogen) atoms. The van der Waals surface area contributed by atoms with Crippen LogP contribution < -0.4 is 5.32 Å². The van der Waals surface area contributed by atoms with Crippen molar-refractivity contribution >= 4 is 5.91 Å². The highest BCUT2D eigenvalue weighted by molar-refractivity contribution is 5.98. The van der Waals surface area contributed by atoms with Crippen molar-refractivity contribution in [1.29, 1.82) is 5.26 Å². The zero-order chi connectivity index (χ0) is 29.5. The number of fused-ring (bicyclic) bond motifs is 2. The molecular weight excluding hydrogens is 520 g/mol. The van der Waals surface area contributed by atoms with Gasteiger partial charge >= 0.3 is 0 Å². The molecule has 0 saturated carbocycles. The van der Waals surface area contributed by atoms with Gasteiger partial charge in [-0.15, -0.1) is 0 Å². The summed E-state index contributed by atoms with van der Waals surface area (Å²) in [5, 5.41) is 23.0. The van der Waals surface area contributed by atoms with Crippen LogP contribution in [0.15, 0.2) is 54.6 Å². The molecule has 5 nitrogen and oxygen atoms in total. The number of rotatable bonds is 7. The smallest absolute Gasteiger partial charge is 0.254 e. The van der Waals surface area contributed by atoms with Crippen molar-refractivity contribution in [3.05, 3.63) is 82.9 Å². The monoisotopic (exact) mass is 557 g/mol. The van der Waals surface area contributed by atoms with E-state index in [1.54, 1.807) is 50.2 Å². The molecule has 3 aromatic rings. The summed E-state index contributed by atoms with van der Waals surface area (Å²) in [5.74, 6) is -1.21. The first kappa shape index (κ1) is 28.9. The first-order valence-electron chi connectivity index (χ1n) is 14.4. The van der Waals surface area contributed by atoms with Crippen LogP contribution in [0.3, 0.4) is 0 Å². The van der Waals surface area contributed by atoms with E-state index in [1.165, 1.54) is 18.2 Å². The minimum absolute atomic E-state index is 0.0663. The third-order valence-corrected chi connectivity index (χ3v) is 8.16. The second kappa shape index (κ2) is 11.3. The highest BCUT2D eigenvalue weighted by Gasteiger charge is 2.43. The van der Waals surface area contributed by atoms with Crippen LogP contribution in [0.4, 0.5) is 8.78 Å². The highest BCUT2D eigenvalue weighted by atomic mass is 19.1. The van der Waals surface area contributed by atoms with Gasteiger partial charge in [0.2, 0.25) is 0 Å². The van der Waals surface area contributed by atoms with E-state index in [2.05, 4.69) is 19.2 Å². The number of carbonyl (C=O) groups is 1. The van der Waals surface area contributed by atoms with Crippen molar-refractivity contribution < 1.29 is 18.7 Å². The average Bonchev–Trinajstić information content (AvgIpc) is 3.16. The van der Waals surface area contributed by atoms with Crippen LogP contribution >= 0.6 is 0 Å². The fourth-order valence-electron chi connectivity index (χ4n) is 6.58. The zero-order valence-corrected chi connectivity index (χ0v) is 24.0. The Hall–Kier alpha value is -3.60. The molecule has 2 heterocycles. The molecular formula is C34H37F2N3O2. The number of nitrogens with zero attached hydrogens (tertiary/aromatic N) is 2. The number of benzene rings is 3. The quantitative estimate of drug-likeness (QED) is 0.343. The van der Waals surface area contributed by atoms with Gasteiger partial charge in [0.15, 0.2) is 0 Å². The number of nitriles is 1. The Kier molecular flexibility index (Phi) is 8.00. The lowest BCUT2D eigenvalue weighted by molar-refractivity contribution is 0.0551. The molecule has 0 spiro atoms. The van der Waals surface area contributed by atoms with Crippen molar-refractivity contribution in [2.45, 2.75) is 89.6 Å². The predicted octanol–water partition coefficient (Wildman–Crippen LogP) is 6.62. The molecule has 0 aromatic heterocycles. The standard InChI is InChI=1S/C34H37F2N3O2/c1-20(2)38-25-16-26-9-10-27(17-25)39(26)33(40)23-8-12-28(29-11-5-21(13-32(29)36)18-34(3,4)41)30(14-23)22-6-7-24(19-37)31(35)15-22/h5-8,11-15,20,25-27,38,41H,9-10,16-18H2,1-4H3/t25-,26-,27+. The molecule has 3 atom stereocenters. The number of amides is 1. The van der Waals surface area contributed by atoms with E-state index < -0.39 is 17.2 Å². The summed E-state index contributed by atoms with van der Waals surface area (Å²) in [5.41, 5.74) is 1.84. The second-order valence-corrected chi connectivity index (χ2v) is 12.5. The van der Waals surface area contributed by atoms with Gasteiger partial charge in [-0.25, -0.2) is 8.78 Å². The van der Waals surface area contributed by atoms with Crippen molar-refractivity contribution in [2.24, 2.45) is 0 Å². The minimum Gasteiger partial charge on any atom is -0.390 e. The summed E-state index contributed by atoms with van der Waals surface area (Å²) in [6.07, 6.45) is 4.06. The summed E-state index contributed by atoms with van der Waals surface area (Å²) in [6.45, 7) is 7.61. The summed E-state index contributed by atoms with van der Waals surface area (Å²) in [4.78, 5) is 15.9. The lowest BCUT2D eigenvalue weighted by atomic mass is 9.89. The molecule has 7 heteroatoms. The Morgan fingerprint density at radius 2 is 1.68 bits per heavy atom. The number of aliphatic hydroxyl groups is 1. The molecule has 1 amide bonds. The SMILES string of the molecule is CC(C)N[C@@H]1C[C@H]2CC[C@@H](C1)N2C(=O)c1ccc(-c2ccc(CC(C)(C)O)cc2F)c(-c2ccc(C#N)c(F)c2)c1. The maximum atomic E-state index is 15.5. The van der Waals surface area contributed by atoms with E-state index in [0.717, 1.165) is 25.7 Å². The Labute approximate surface area is 240 Å². The number of hydrogen-bond acceptors (Lipinski definition) is 4. The largest absolute Gasteiger partial charge is 0.390 e. The normalized spacial score (nSPS) is 20.4. The van der Waals surface area contributed by atoms with Crippen LogP contribution in [0.1, 0.15) is 74.9 Å². The molecule has 2 aliphatic rings. The number of nitrogens with one attached hydrogen (secondary N) is 1. The minimum atomic E-state index is -0.986. The van der Waals surface area contributed by atoms with E-state index >= 15 is 4.39 Å². The topological polar surface area (TPSA) is 76.4 Å². The summed E-state index contributed by atoms with van der Waals surface area (Å²) in [6, 6.07) is 17.2. The molecule has 2 bridgehead atoms. The number of halogens is 2. The lowest BCUT2D eigenvalue weighted by Gasteiger charge is -2.40. The third-order valence-electron chi connectivity index (χ3n) is 8.16. The first-order chi connectivity index (χ1) is 19.4. The van der Waals surface area contributed by atoms with Gasteiger partial charge < -0.3 is 15.3 Å². The maximum absolute atomic E-state index is 15.5. The van der Waals surface area contributed by atoms with Crippen molar-refractivity contribution in [1.82, 2.24) is 10.2 Å². The molecule has 2 saturated heterocycles. The van der Waals surface area contributed by atoms with Gasteiger partial charge in [0.1, 0.15) is 17.7 Å². The van der Waals surface area contributed by atoms with Gasteiger partial charge in [0.05, 0.1) is 11.2 Å². The molecule has 0 aliphatic carbocycles. The number of piperidine rings is 1. The molecule has 0 unspecified atom stereocenters. The molecule has 0 radical (unpaired) electrons. The number of hydrogen-bond donors (Lipinski definition) is 2. The molecule has 2 aliphatic heterocycles. The van der Waals surface area contributed by atoms with Gasteiger partial charge in [0, 0.05) is 41.7 Å². The molecule has 3 aromatic carbocycles. The lowest BCUT2D eigenvalue weighted by Crippen LogP contribution is -2.52. The second-order valence-electron chi connectivity index (χ2n) is 12.5. The van der Waals surface area contributed by atoms with Crippen LogP contribution in [0.5, 0.6) is 0 Å². The van der Waals surface area contributed by atoms with Gasteiger partial charge in [-0.05, 0) is 92.1 Å². The van der Waals surface area contributed by atoms with Gasteiger partial charge in [0.25, 0.3) is 5.91 Å². The Morgan fingerprint density at radius 1 is 1.00 bits per heavy atom. The predicted molar refractivity (Wildman–Crippen MR) is 156 cm³/mol. The first-order valence-corrected chi connectivity index (χ1v) is 14.4. The zero-order valence-electron chi connectivity index (χ0n) is 24.0. The number of carbonyl (C=O) groups excluding carboxylic acids is 1. The van der Waals surface area contributed by atoms with Crippen LogP contribution in [0.25, 0.3) is 22.3 Å². The Balaban J connectivity index is 1.54. The van der Waals surface area contributed by atoms with Crippen molar-refractivity contribution in [2.75, 3.05) is 0 Å². The summed E-state index contributed by atoms with van der Waals surface area (Å²) >= 11 is 0. The van der Waals surface area contributed by atoms with Crippen LogP contribution in [-0.4, -0.2) is 45.7 Å². The van der Waals surface area contributed by atoms with E-state index in [-0.39, 0.29) is 30.0 Å². The Bertz CT molecular complexity index is 1490. The van der Waals surface area contributed by atoms with Gasteiger partial charge in [-0.3, -0.25) is 4.79 Å². The fraction of sp³-hybridized carbons (Fsp3) is 0.412. The fourth-order valence-corrected chi connectivity index (χ4v) is 6.58. The van der Waals surface area contributed by atoms with E-state index in [0.29, 0.717) is 45.5 Å². The maximum Gasteiger partial charge on any atom is 0.254 e. The van der Waals surface area contributed by atoms with Gasteiger partial charge in [-0.1, -0.05) is 38.1 Å². The van der Waals surface area contributed by atoms with Crippen LogP contribution in [0.2, 0.25) is 0 Å². The summed E-state index contributed by atoms with van der Waals surface area (Å²) < 4.78 is 30.3. The van der Waals surface area contributed by atoms with E-state index in [1.807, 2.05) is 11.0 Å². The van der Waals surface area contributed by atoms with E-state index in [9.17, 15) is 19.6 Å². The Morgan fingerprint density at radius 3 is 2.27 bits per heavy atom. The highest BCUT2D eigenvalue weighted by Crippen LogP contribution is 2.39. The van der Waals surface area contributed by atoms with Crippen LogP contribution in [0, 0.1) is 23.0 Å². The molecule has 2 N–H and O–H groups in total. The average molecular weight is 558 g/mol. The van der Waals surface area contributed by atoms with Crippen molar-refractivity contribution in [3.63, 3.8) is 0 Å². The van der Waals surface area contributed by atoms with E-state index in [4.69, 9.17) is 0 Å². The van der Waals surface area contributed by atoms with Crippen LogP contribution in [-0.2, 0) is 6.42 Å². The van der Waals surface area contributed by atoms with Gasteiger partial charge in [-0.2, -0.15) is 5.26 Å². The molecule has 5 rings (SSSR count). The molecule has 2 fully saturated rings. The third kappa shape index (κ3) is 6.19. The van der Waals surface area contributed by atoms with Crippen molar-refractivity contribution in [3.8, 4) is 28.3 Å². The molecule has 214 valence electrons. The summed E-state index contributed by atoms with van der Waals surface area (Å²) in [7, 11) is 0.